The van der Waals surface area contributed by atoms with Crippen molar-refractivity contribution in [3.63, 3.8) is 0 Å². The van der Waals surface area contributed by atoms with Crippen LogP contribution in [0.25, 0.3) is 11.0 Å². The SMILES string of the molecule is Cc1cc2oc(=O)cc(CN3C(=O)NC4(CCC(C)CC4)C3=O)c2cc1C. The van der Waals surface area contributed by atoms with E-state index in [1.165, 1.54) is 11.0 Å². The summed E-state index contributed by atoms with van der Waals surface area (Å²) in [5.41, 5.74) is 1.95. The molecule has 2 aliphatic rings. The van der Waals surface area contributed by atoms with Gasteiger partial charge in [-0.3, -0.25) is 9.69 Å². The van der Waals surface area contributed by atoms with Crippen LogP contribution in [0.4, 0.5) is 4.79 Å². The molecule has 0 bridgehead atoms. The van der Waals surface area contributed by atoms with E-state index in [1.807, 2.05) is 26.0 Å². The Hall–Kier alpha value is -2.63. The molecule has 3 amide bonds. The van der Waals surface area contributed by atoms with E-state index in [9.17, 15) is 14.4 Å². The van der Waals surface area contributed by atoms with Gasteiger partial charge < -0.3 is 9.73 Å². The van der Waals surface area contributed by atoms with Crippen LogP contribution in [0.2, 0.25) is 0 Å². The lowest BCUT2D eigenvalue weighted by Gasteiger charge is -2.33. The molecule has 4 rings (SSSR count). The van der Waals surface area contributed by atoms with E-state index in [0.717, 1.165) is 29.4 Å². The third-order valence-corrected chi connectivity index (χ3v) is 6.15. The summed E-state index contributed by atoms with van der Waals surface area (Å²) in [5.74, 6) is 0.396. The van der Waals surface area contributed by atoms with Crippen LogP contribution in [0.3, 0.4) is 0 Å². The number of hydrogen-bond donors (Lipinski definition) is 1. The highest BCUT2D eigenvalue weighted by Crippen LogP contribution is 2.37. The van der Waals surface area contributed by atoms with Crippen LogP contribution < -0.4 is 10.9 Å². The van der Waals surface area contributed by atoms with Crippen molar-refractivity contribution >= 4 is 22.9 Å². The predicted molar refractivity (Wildman–Crippen MR) is 101 cm³/mol. The first kappa shape index (κ1) is 17.8. The maximum Gasteiger partial charge on any atom is 0.336 e. The molecule has 2 heterocycles. The summed E-state index contributed by atoms with van der Waals surface area (Å²) < 4.78 is 5.32. The average molecular weight is 368 g/mol. The topological polar surface area (TPSA) is 79.6 Å². The number of imide groups is 1. The van der Waals surface area contributed by atoms with E-state index < -0.39 is 11.2 Å². The first-order chi connectivity index (χ1) is 12.8. The highest BCUT2D eigenvalue weighted by molar-refractivity contribution is 6.07. The van der Waals surface area contributed by atoms with Crippen LogP contribution in [0.5, 0.6) is 0 Å². The van der Waals surface area contributed by atoms with E-state index in [0.29, 0.717) is 29.9 Å². The van der Waals surface area contributed by atoms with Gasteiger partial charge in [-0.05, 0) is 74.3 Å². The molecule has 142 valence electrons. The number of aryl methyl sites for hydroxylation is 2. The first-order valence-electron chi connectivity index (χ1n) is 9.47. The lowest BCUT2D eigenvalue weighted by Crippen LogP contribution is -2.49. The number of carbonyl (C=O) groups is 2. The fourth-order valence-electron chi connectivity index (χ4n) is 4.20. The summed E-state index contributed by atoms with van der Waals surface area (Å²) in [6.07, 6.45) is 3.20. The lowest BCUT2D eigenvalue weighted by molar-refractivity contribution is -0.133. The molecule has 1 saturated carbocycles. The van der Waals surface area contributed by atoms with Gasteiger partial charge in [-0.25, -0.2) is 9.59 Å². The number of carbonyl (C=O) groups excluding carboxylic acids is 2. The number of fused-ring (bicyclic) bond motifs is 1. The Morgan fingerprint density at radius 3 is 2.48 bits per heavy atom. The van der Waals surface area contributed by atoms with E-state index in [2.05, 4.69) is 12.2 Å². The summed E-state index contributed by atoms with van der Waals surface area (Å²) in [6, 6.07) is 4.77. The van der Waals surface area contributed by atoms with Gasteiger partial charge in [-0.15, -0.1) is 0 Å². The van der Waals surface area contributed by atoms with Crippen LogP contribution in [0, 0.1) is 19.8 Å². The number of rotatable bonds is 2. The first-order valence-corrected chi connectivity index (χ1v) is 9.47. The Kier molecular flexibility index (Phi) is 4.09. The van der Waals surface area contributed by atoms with Crippen molar-refractivity contribution in [2.24, 2.45) is 5.92 Å². The summed E-state index contributed by atoms with van der Waals surface area (Å²) in [7, 11) is 0. The van der Waals surface area contributed by atoms with E-state index in [1.54, 1.807) is 0 Å². The Labute approximate surface area is 157 Å². The summed E-state index contributed by atoms with van der Waals surface area (Å²) in [5, 5.41) is 3.69. The molecule has 1 aliphatic heterocycles. The zero-order valence-electron chi connectivity index (χ0n) is 15.9. The van der Waals surface area contributed by atoms with Gasteiger partial charge in [0.05, 0.1) is 6.54 Å². The molecule has 1 saturated heterocycles. The minimum absolute atomic E-state index is 0.0760. The molecular formula is C21H24N2O4. The maximum absolute atomic E-state index is 13.1. The van der Waals surface area contributed by atoms with Crippen molar-refractivity contribution in [1.82, 2.24) is 10.2 Å². The van der Waals surface area contributed by atoms with Gasteiger partial charge in [0.1, 0.15) is 11.1 Å². The number of nitrogens with zero attached hydrogens (tertiary/aromatic N) is 1. The van der Waals surface area contributed by atoms with Crippen molar-refractivity contribution < 1.29 is 14.0 Å². The number of nitrogens with one attached hydrogen (secondary N) is 1. The Balaban J connectivity index is 1.70. The third kappa shape index (κ3) is 2.93. The molecule has 0 unspecified atom stereocenters. The van der Waals surface area contributed by atoms with Crippen molar-refractivity contribution in [2.45, 2.75) is 58.5 Å². The number of urea groups is 1. The Morgan fingerprint density at radius 1 is 1.11 bits per heavy atom. The number of hydrogen-bond acceptors (Lipinski definition) is 4. The van der Waals surface area contributed by atoms with Gasteiger partial charge in [0.25, 0.3) is 5.91 Å². The second-order valence-corrected chi connectivity index (χ2v) is 8.11. The normalized spacial score (nSPS) is 25.4. The molecular weight excluding hydrogens is 344 g/mol. The van der Waals surface area contributed by atoms with E-state index in [4.69, 9.17) is 4.42 Å². The summed E-state index contributed by atoms with van der Waals surface area (Å²) in [4.78, 5) is 38.9. The molecule has 1 aromatic carbocycles. The smallest absolute Gasteiger partial charge is 0.336 e. The quantitative estimate of drug-likeness (QED) is 0.651. The summed E-state index contributed by atoms with van der Waals surface area (Å²) >= 11 is 0. The zero-order chi connectivity index (χ0) is 19.3. The monoisotopic (exact) mass is 368 g/mol. The Morgan fingerprint density at radius 2 is 1.78 bits per heavy atom. The summed E-state index contributed by atoms with van der Waals surface area (Å²) in [6.45, 7) is 6.18. The number of benzene rings is 1. The second-order valence-electron chi connectivity index (χ2n) is 8.11. The molecule has 1 spiro atoms. The van der Waals surface area contributed by atoms with Gasteiger partial charge in [-0.1, -0.05) is 6.92 Å². The zero-order valence-corrected chi connectivity index (χ0v) is 15.9. The van der Waals surface area contributed by atoms with Gasteiger partial charge in [0.2, 0.25) is 0 Å². The predicted octanol–water partition coefficient (Wildman–Crippen LogP) is 3.41. The highest BCUT2D eigenvalue weighted by Gasteiger charge is 2.52. The molecule has 6 nitrogen and oxygen atoms in total. The molecule has 2 fully saturated rings. The van der Waals surface area contributed by atoms with Gasteiger partial charge >= 0.3 is 11.7 Å². The molecule has 0 radical (unpaired) electrons. The minimum Gasteiger partial charge on any atom is -0.423 e. The van der Waals surface area contributed by atoms with Crippen molar-refractivity contribution in [1.29, 1.82) is 0 Å². The van der Waals surface area contributed by atoms with E-state index in [-0.39, 0.29) is 18.5 Å². The van der Waals surface area contributed by atoms with Crippen LogP contribution in [0.1, 0.15) is 49.3 Å². The molecule has 1 N–H and O–H groups in total. The van der Waals surface area contributed by atoms with Gasteiger partial charge in [0, 0.05) is 11.5 Å². The van der Waals surface area contributed by atoms with Gasteiger partial charge in [-0.2, -0.15) is 0 Å². The standard InChI is InChI=1S/C21H24N2O4/c1-12-4-6-21(7-5-12)19(25)23(20(26)22-21)11-15-10-18(24)27-17-9-14(3)13(2)8-16(15)17/h8-10,12H,4-7,11H2,1-3H3,(H,22,26). The number of amides is 3. The van der Waals surface area contributed by atoms with Crippen LogP contribution in [0.15, 0.2) is 27.4 Å². The average Bonchev–Trinajstić information content (AvgIpc) is 2.84. The molecule has 27 heavy (non-hydrogen) atoms. The van der Waals surface area contributed by atoms with Crippen molar-refractivity contribution in [2.75, 3.05) is 0 Å². The van der Waals surface area contributed by atoms with E-state index >= 15 is 0 Å². The molecule has 1 aliphatic carbocycles. The third-order valence-electron chi connectivity index (χ3n) is 6.15. The van der Waals surface area contributed by atoms with Crippen LogP contribution >= 0.6 is 0 Å². The highest BCUT2D eigenvalue weighted by atomic mass is 16.4. The molecule has 0 atom stereocenters. The van der Waals surface area contributed by atoms with Crippen molar-refractivity contribution in [3.8, 4) is 0 Å². The van der Waals surface area contributed by atoms with Crippen LogP contribution in [-0.4, -0.2) is 22.4 Å². The fourth-order valence-corrected chi connectivity index (χ4v) is 4.20. The van der Waals surface area contributed by atoms with Gasteiger partial charge in [0.15, 0.2) is 0 Å². The van der Waals surface area contributed by atoms with Crippen LogP contribution in [-0.2, 0) is 11.3 Å². The fraction of sp³-hybridized carbons (Fsp3) is 0.476. The second kappa shape index (κ2) is 6.22. The molecule has 1 aromatic heterocycles. The lowest BCUT2D eigenvalue weighted by atomic mass is 9.77. The minimum atomic E-state index is -0.772. The Bertz CT molecular complexity index is 999. The molecule has 2 aromatic rings. The maximum atomic E-state index is 13.1. The van der Waals surface area contributed by atoms with Crippen molar-refractivity contribution in [3.05, 3.63) is 45.3 Å². The largest absolute Gasteiger partial charge is 0.423 e. The molecule has 6 heteroatoms.